The smallest absolute Gasteiger partial charge is 0.250 e. The van der Waals surface area contributed by atoms with E-state index < -0.39 is 0 Å². The van der Waals surface area contributed by atoms with Crippen LogP contribution in [0.3, 0.4) is 0 Å². The number of hydrogen-bond donors (Lipinski definition) is 2. The van der Waals surface area contributed by atoms with Gasteiger partial charge < -0.3 is 24.7 Å². The number of H-pyrrole nitrogens is 1. The Morgan fingerprint density at radius 3 is 2.63 bits per heavy atom. The van der Waals surface area contributed by atoms with E-state index in [2.05, 4.69) is 67.5 Å². The molecule has 2 aromatic carbocycles. The maximum absolute atomic E-state index is 12.6. The zero-order valence-corrected chi connectivity index (χ0v) is 23.1. The molecule has 210 valence electrons. The highest BCUT2D eigenvalue weighted by Gasteiger charge is 2.24. The Kier molecular flexibility index (Phi) is 7.17. The van der Waals surface area contributed by atoms with E-state index in [-0.39, 0.29) is 5.56 Å². The normalized spacial score (nSPS) is 17.4. The van der Waals surface area contributed by atoms with Crippen molar-refractivity contribution in [2.45, 2.75) is 31.8 Å². The Labute approximate surface area is 239 Å². The lowest BCUT2D eigenvalue weighted by atomic mass is 9.96. The summed E-state index contributed by atoms with van der Waals surface area (Å²) in [5.41, 5.74) is 7.03. The lowest BCUT2D eigenvalue weighted by molar-refractivity contribution is 0.122. The molecule has 0 aliphatic carbocycles. The molecule has 3 aliphatic heterocycles. The monoisotopic (exact) mass is 549 g/mol. The van der Waals surface area contributed by atoms with Crippen LogP contribution in [0.15, 0.2) is 77.7 Å². The first-order valence-electron chi connectivity index (χ1n) is 14.6. The number of rotatable bonds is 6. The summed E-state index contributed by atoms with van der Waals surface area (Å²) < 4.78 is 12.0. The third kappa shape index (κ3) is 5.71. The fraction of sp³-hybridized carbons (Fsp3) is 0.333. The van der Waals surface area contributed by atoms with Crippen LogP contribution < -0.4 is 20.5 Å². The molecule has 41 heavy (non-hydrogen) atoms. The van der Waals surface area contributed by atoms with E-state index in [1.807, 2.05) is 24.4 Å². The van der Waals surface area contributed by atoms with Crippen LogP contribution in [0.2, 0.25) is 0 Å². The second-order valence-electron chi connectivity index (χ2n) is 11.1. The first kappa shape index (κ1) is 25.8. The van der Waals surface area contributed by atoms with Crippen LogP contribution in [0, 0.1) is 0 Å². The quantitative estimate of drug-likeness (QED) is 0.307. The number of piperidine rings is 1. The molecule has 0 unspecified atom stereocenters. The molecule has 5 heterocycles. The van der Waals surface area contributed by atoms with E-state index in [4.69, 9.17) is 9.47 Å². The Morgan fingerprint density at radius 2 is 1.80 bits per heavy atom. The molecule has 0 spiro atoms. The van der Waals surface area contributed by atoms with E-state index >= 15 is 0 Å². The third-order valence-corrected chi connectivity index (χ3v) is 8.32. The van der Waals surface area contributed by atoms with Crippen molar-refractivity contribution in [2.24, 2.45) is 0 Å². The standard InChI is InChI=1S/C33H35N5O3/c39-32-21-28(38-14-16-40-17-15-38)20-30(36-32)29-6-3-4-23-18-24-19-26(7-8-31(24)41-33(23)29)35-25-9-12-37(13-10-25)22-27-5-1-2-11-34-27/h1-8,11,19-21,25,35H,9-10,12-18,22H2,(H,36,39). The minimum atomic E-state index is -0.115. The molecule has 2 aromatic heterocycles. The molecule has 0 atom stereocenters. The van der Waals surface area contributed by atoms with Crippen LogP contribution >= 0.6 is 0 Å². The number of nitrogens with zero attached hydrogens (tertiary/aromatic N) is 3. The zero-order chi connectivity index (χ0) is 27.6. The van der Waals surface area contributed by atoms with Gasteiger partial charge in [0.1, 0.15) is 11.5 Å². The Bertz CT molecular complexity index is 1570. The van der Waals surface area contributed by atoms with Gasteiger partial charge in [0, 0.05) is 80.0 Å². The number of fused-ring (bicyclic) bond motifs is 2. The lowest BCUT2D eigenvalue weighted by Gasteiger charge is -2.33. The summed E-state index contributed by atoms with van der Waals surface area (Å²) in [7, 11) is 0. The van der Waals surface area contributed by atoms with Gasteiger partial charge in [-0.05, 0) is 60.9 Å². The highest BCUT2D eigenvalue weighted by atomic mass is 16.5. The summed E-state index contributed by atoms with van der Waals surface area (Å²) in [5, 5.41) is 3.77. The maximum atomic E-state index is 12.6. The first-order chi connectivity index (χ1) is 20.2. The molecule has 0 saturated carbocycles. The summed E-state index contributed by atoms with van der Waals surface area (Å²) in [6, 6.07) is 22.9. The predicted octanol–water partition coefficient (Wildman–Crippen LogP) is 5.05. The number of hydrogen-bond acceptors (Lipinski definition) is 7. The van der Waals surface area contributed by atoms with Gasteiger partial charge >= 0.3 is 0 Å². The maximum Gasteiger partial charge on any atom is 0.250 e. The topological polar surface area (TPSA) is 82.7 Å². The molecule has 0 radical (unpaired) electrons. The molecule has 4 aromatic rings. The average molecular weight is 550 g/mol. The number of likely N-dealkylation sites (tertiary alicyclic amines) is 1. The van der Waals surface area contributed by atoms with Crippen molar-refractivity contribution >= 4 is 11.4 Å². The largest absolute Gasteiger partial charge is 0.456 e. The summed E-state index contributed by atoms with van der Waals surface area (Å²) in [5.74, 6) is 1.68. The molecule has 3 aliphatic rings. The minimum Gasteiger partial charge on any atom is -0.456 e. The summed E-state index contributed by atoms with van der Waals surface area (Å²) in [6.45, 7) is 5.94. The highest BCUT2D eigenvalue weighted by molar-refractivity contribution is 5.74. The number of para-hydroxylation sites is 1. The van der Waals surface area contributed by atoms with Gasteiger partial charge in [-0.25, -0.2) is 0 Å². The Balaban J connectivity index is 1.05. The third-order valence-electron chi connectivity index (χ3n) is 8.32. The molecule has 2 saturated heterocycles. The summed E-state index contributed by atoms with van der Waals surface area (Å²) >= 11 is 0. The van der Waals surface area contributed by atoms with E-state index in [1.165, 1.54) is 5.56 Å². The molecule has 8 heteroatoms. The summed E-state index contributed by atoms with van der Waals surface area (Å²) in [6.07, 6.45) is 4.86. The number of benzene rings is 2. The first-order valence-corrected chi connectivity index (χ1v) is 14.6. The van der Waals surface area contributed by atoms with Crippen LogP contribution in [0.1, 0.15) is 29.7 Å². The van der Waals surface area contributed by atoms with Crippen molar-refractivity contribution in [2.75, 3.05) is 49.6 Å². The molecule has 0 amide bonds. The molecule has 2 fully saturated rings. The zero-order valence-electron chi connectivity index (χ0n) is 23.1. The van der Waals surface area contributed by atoms with Gasteiger partial charge in [0.2, 0.25) is 5.56 Å². The number of pyridine rings is 2. The molecule has 0 bridgehead atoms. The van der Waals surface area contributed by atoms with Crippen molar-refractivity contribution in [1.82, 2.24) is 14.9 Å². The molecule has 2 N–H and O–H groups in total. The van der Waals surface area contributed by atoms with Gasteiger partial charge in [-0.15, -0.1) is 0 Å². The minimum absolute atomic E-state index is 0.115. The van der Waals surface area contributed by atoms with Gasteiger partial charge in [0.25, 0.3) is 0 Å². The van der Waals surface area contributed by atoms with Gasteiger partial charge in [0.15, 0.2) is 0 Å². The summed E-state index contributed by atoms with van der Waals surface area (Å²) in [4.78, 5) is 24.8. The van der Waals surface area contributed by atoms with E-state index in [1.54, 1.807) is 6.07 Å². The van der Waals surface area contributed by atoms with E-state index in [0.29, 0.717) is 19.3 Å². The van der Waals surface area contributed by atoms with Crippen LogP contribution in [0.25, 0.3) is 11.3 Å². The number of nitrogens with one attached hydrogen (secondary N) is 2. The van der Waals surface area contributed by atoms with Gasteiger partial charge in [-0.3, -0.25) is 14.7 Å². The number of morpholine rings is 1. The molecular formula is C33H35N5O3. The van der Waals surface area contributed by atoms with Crippen molar-refractivity contribution in [3.63, 3.8) is 0 Å². The molecular weight excluding hydrogens is 514 g/mol. The number of anilines is 2. The van der Waals surface area contributed by atoms with Gasteiger partial charge in [-0.2, -0.15) is 0 Å². The lowest BCUT2D eigenvalue weighted by Crippen LogP contribution is -2.38. The van der Waals surface area contributed by atoms with Crippen molar-refractivity contribution in [3.8, 4) is 22.8 Å². The number of aromatic nitrogens is 2. The molecule has 8 nitrogen and oxygen atoms in total. The highest BCUT2D eigenvalue weighted by Crippen LogP contribution is 2.43. The van der Waals surface area contributed by atoms with Gasteiger partial charge in [0.05, 0.1) is 24.6 Å². The molecule has 7 rings (SSSR count). The SMILES string of the molecule is O=c1cc(N2CCOCC2)cc(-c2cccc3c2Oc2ccc(NC4CCN(Cc5ccccn5)CC4)cc2C3)[nH]1. The number of aromatic amines is 1. The van der Waals surface area contributed by atoms with E-state index in [9.17, 15) is 4.79 Å². The second kappa shape index (κ2) is 11.4. The van der Waals surface area contributed by atoms with Crippen LogP contribution in [-0.2, 0) is 17.7 Å². The number of ether oxygens (including phenoxy) is 2. The van der Waals surface area contributed by atoms with Crippen molar-refractivity contribution in [3.05, 3.63) is 100 Å². The van der Waals surface area contributed by atoms with Crippen molar-refractivity contribution in [1.29, 1.82) is 0 Å². The fourth-order valence-corrected chi connectivity index (χ4v) is 6.15. The fourth-order valence-electron chi connectivity index (χ4n) is 6.15. The van der Waals surface area contributed by atoms with Gasteiger partial charge in [-0.1, -0.05) is 18.2 Å². The van der Waals surface area contributed by atoms with E-state index in [0.717, 1.165) is 97.4 Å². The van der Waals surface area contributed by atoms with Crippen LogP contribution in [0.4, 0.5) is 11.4 Å². The Hall–Kier alpha value is -4.14. The van der Waals surface area contributed by atoms with Crippen LogP contribution in [-0.4, -0.2) is 60.3 Å². The predicted molar refractivity (Wildman–Crippen MR) is 161 cm³/mol. The Morgan fingerprint density at radius 1 is 0.927 bits per heavy atom. The average Bonchev–Trinajstić information content (AvgIpc) is 3.01. The second-order valence-corrected chi connectivity index (χ2v) is 11.1. The van der Waals surface area contributed by atoms with Crippen LogP contribution in [0.5, 0.6) is 11.5 Å². The van der Waals surface area contributed by atoms with Crippen molar-refractivity contribution < 1.29 is 9.47 Å².